The first-order chi connectivity index (χ1) is 20.3. The fourth-order valence-electron chi connectivity index (χ4n) is 6.57. The van der Waals surface area contributed by atoms with E-state index in [2.05, 4.69) is 72.2 Å². The van der Waals surface area contributed by atoms with Gasteiger partial charge in [0.15, 0.2) is 0 Å². The quantitative estimate of drug-likeness (QED) is 0.225. The van der Waals surface area contributed by atoms with Gasteiger partial charge < -0.3 is 15.1 Å². The molecule has 0 bridgehead atoms. The van der Waals surface area contributed by atoms with Crippen LogP contribution < -0.4 is 4.98 Å². The third-order valence-electron chi connectivity index (χ3n) is 8.60. The average Bonchev–Trinajstić information content (AvgIpc) is 3.71. The van der Waals surface area contributed by atoms with Crippen LogP contribution in [-0.2, 0) is 37.1 Å². The Morgan fingerprint density at radius 2 is 1.09 bits per heavy atom. The molecule has 0 spiro atoms. The van der Waals surface area contributed by atoms with E-state index in [1.807, 2.05) is 13.0 Å². The number of allylic oxidation sites excluding steroid dienone is 5. The molecule has 0 aromatic carbocycles. The molecule has 4 heterocycles. The van der Waals surface area contributed by atoms with Gasteiger partial charge in [-0.2, -0.15) is 0 Å². The van der Waals surface area contributed by atoms with E-state index in [9.17, 15) is 4.79 Å². The van der Waals surface area contributed by atoms with E-state index in [4.69, 9.17) is 15.0 Å². The zero-order chi connectivity index (χ0) is 30.6. The maximum Gasteiger partial charge on any atom is 2.00 e. The summed E-state index contributed by atoms with van der Waals surface area (Å²) in [6, 6.07) is 0. The van der Waals surface area contributed by atoms with Crippen LogP contribution in [0.5, 0.6) is 0 Å². The Balaban J connectivity index is 0.00000506. The van der Waals surface area contributed by atoms with Gasteiger partial charge in [-0.3, -0.25) is 0 Å². The molecule has 4 rings (SSSR count). The van der Waals surface area contributed by atoms with Gasteiger partial charge in [0.2, 0.25) is 0 Å². The third kappa shape index (κ3) is 6.64. The first kappa shape index (κ1) is 35.0. The molecule has 3 aliphatic rings. The zero-order valence-electron chi connectivity index (χ0n) is 27.7. The van der Waals surface area contributed by atoms with Crippen molar-refractivity contribution in [2.24, 2.45) is 9.98 Å². The molecule has 0 unspecified atom stereocenters. The van der Waals surface area contributed by atoms with Crippen LogP contribution in [0.1, 0.15) is 116 Å². The molecule has 0 atom stereocenters. The molecule has 3 aliphatic heterocycles. The Labute approximate surface area is 276 Å². The SMILES string of the molecule is CCC1=C(CC)/C(=C/c2[n-]c(/C=C3\N=C(SC)C(CC)=C3CC)c(CC)c2CC)N=C1/C=C1\[N-]C(=O)C(CC)=C1CC.[Zn+2]. The van der Waals surface area contributed by atoms with Crippen LogP contribution in [0.3, 0.4) is 0 Å². The van der Waals surface area contributed by atoms with Crippen molar-refractivity contribution in [2.45, 2.75) is 107 Å². The summed E-state index contributed by atoms with van der Waals surface area (Å²) in [5.74, 6) is -0.0987. The van der Waals surface area contributed by atoms with Crippen molar-refractivity contribution in [3.8, 4) is 0 Å². The average molecular weight is 648 g/mol. The van der Waals surface area contributed by atoms with Crippen molar-refractivity contribution in [3.05, 3.63) is 84.4 Å². The van der Waals surface area contributed by atoms with Gasteiger partial charge in [0.25, 0.3) is 0 Å². The van der Waals surface area contributed by atoms with E-state index >= 15 is 0 Å². The Hall–Kier alpha value is -2.50. The van der Waals surface area contributed by atoms with Gasteiger partial charge in [0.05, 0.1) is 28.1 Å². The molecule has 0 saturated carbocycles. The van der Waals surface area contributed by atoms with E-state index in [-0.39, 0.29) is 25.4 Å². The number of carbonyl (C=O) groups is 1. The number of hydrogen-bond donors (Lipinski definition) is 0. The second-order valence-electron chi connectivity index (χ2n) is 10.7. The molecule has 0 fully saturated rings. The molecule has 1 amide bonds. The Morgan fingerprint density at radius 1 is 0.605 bits per heavy atom. The molecule has 43 heavy (non-hydrogen) atoms. The summed E-state index contributed by atoms with van der Waals surface area (Å²) in [5, 5.41) is 5.55. The van der Waals surface area contributed by atoms with Crippen molar-refractivity contribution < 1.29 is 24.3 Å². The summed E-state index contributed by atoms with van der Waals surface area (Å²) < 4.78 is 0. The minimum Gasteiger partial charge on any atom is -0.657 e. The molecule has 224 valence electrons. The van der Waals surface area contributed by atoms with Gasteiger partial charge in [-0.25, -0.2) is 9.98 Å². The van der Waals surface area contributed by atoms with Gasteiger partial charge in [-0.05, 0) is 85.5 Å². The third-order valence-corrected chi connectivity index (χ3v) is 9.32. The maximum absolute atomic E-state index is 12.5. The smallest absolute Gasteiger partial charge is 0.657 e. The molecule has 1 aromatic rings. The first-order valence-corrected chi connectivity index (χ1v) is 17.0. The van der Waals surface area contributed by atoms with Crippen LogP contribution in [0.25, 0.3) is 17.5 Å². The molecule has 0 N–H and O–H groups in total. The van der Waals surface area contributed by atoms with Crippen LogP contribution in [0.15, 0.2) is 66.6 Å². The van der Waals surface area contributed by atoms with Crippen LogP contribution in [0, 0.1) is 0 Å². The zero-order valence-corrected chi connectivity index (χ0v) is 31.5. The standard InChI is InChI=1S/C36H47N4OS.Zn/c1-10-21-23(12-3)31(19-33-25(14-5)27(16-7)35(41)39-33)37-29(21)18-30-22(11-2)24(13-4)32(38-30)20-34-26(15-6)28(17-8)36(40-34)42-9;/h18-20H,10-17H2,1-9H3,(H-,37,38,39,40,41);/q-1;+2/p-1. The maximum atomic E-state index is 12.5. The number of hydrogen-bond acceptors (Lipinski definition) is 4. The summed E-state index contributed by atoms with van der Waals surface area (Å²) in [4.78, 5) is 27.9. The van der Waals surface area contributed by atoms with Crippen molar-refractivity contribution >= 4 is 40.6 Å². The predicted octanol–water partition coefficient (Wildman–Crippen LogP) is 9.83. The summed E-state index contributed by atoms with van der Waals surface area (Å²) in [7, 11) is 0. The largest absolute Gasteiger partial charge is 2.00 e. The van der Waals surface area contributed by atoms with Crippen molar-refractivity contribution in [1.82, 2.24) is 4.98 Å². The molecule has 0 saturated heterocycles. The Kier molecular flexibility index (Phi) is 12.6. The number of thioether (sulfide) groups is 1. The van der Waals surface area contributed by atoms with Crippen molar-refractivity contribution in [1.29, 1.82) is 0 Å². The summed E-state index contributed by atoms with van der Waals surface area (Å²) in [6.07, 6.45) is 15.6. The molecule has 5 nitrogen and oxygen atoms in total. The minimum atomic E-state index is -0.0987. The van der Waals surface area contributed by atoms with Gasteiger partial charge in [-0.15, -0.1) is 28.8 Å². The van der Waals surface area contributed by atoms with Gasteiger partial charge in [0.1, 0.15) is 0 Å². The summed E-state index contributed by atoms with van der Waals surface area (Å²) >= 11 is 1.73. The Bertz CT molecular complexity index is 1520. The Morgan fingerprint density at radius 3 is 1.56 bits per heavy atom. The van der Waals surface area contributed by atoms with E-state index in [1.54, 1.807) is 11.8 Å². The van der Waals surface area contributed by atoms with Crippen LogP contribution in [-0.4, -0.2) is 22.9 Å². The molecule has 1 aromatic heterocycles. The summed E-state index contributed by atoms with van der Waals surface area (Å²) in [5.41, 5.74) is 15.4. The molecule has 0 radical (unpaired) electrons. The van der Waals surface area contributed by atoms with E-state index < -0.39 is 0 Å². The van der Waals surface area contributed by atoms with E-state index in [0.717, 1.165) is 95.3 Å². The van der Waals surface area contributed by atoms with Gasteiger partial charge >= 0.3 is 19.5 Å². The number of aromatic nitrogens is 1. The number of amides is 1. The van der Waals surface area contributed by atoms with Crippen LogP contribution in [0.2, 0.25) is 0 Å². The van der Waals surface area contributed by atoms with Crippen molar-refractivity contribution in [3.63, 3.8) is 0 Å². The fraction of sp³-hybridized carbons (Fsp3) is 0.472. The number of aliphatic imine (C=N–C) groups is 2. The second kappa shape index (κ2) is 15.5. The fourth-order valence-corrected chi connectivity index (χ4v) is 7.28. The molecular formula is C36H46N4OSZn. The van der Waals surface area contributed by atoms with Gasteiger partial charge in [0, 0.05) is 0 Å². The molecular weight excluding hydrogens is 602 g/mol. The summed E-state index contributed by atoms with van der Waals surface area (Å²) in [6.45, 7) is 17.4. The molecule has 0 aliphatic carbocycles. The van der Waals surface area contributed by atoms with E-state index in [1.165, 1.54) is 33.4 Å². The number of nitrogens with zero attached hydrogens (tertiary/aromatic N) is 4. The van der Waals surface area contributed by atoms with Crippen LogP contribution in [0.4, 0.5) is 0 Å². The van der Waals surface area contributed by atoms with E-state index in [0.29, 0.717) is 6.42 Å². The molecule has 7 heteroatoms. The van der Waals surface area contributed by atoms with Gasteiger partial charge in [-0.1, -0.05) is 90.3 Å². The predicted molar refractivity (Wildman–Crippen MR) is 182 cm³/mol. The number of carbonyl (C=O) groups excluding carboxylic acids is 1. The normalized spacial score (nSPS) is 19.8. The topological polar surface area (TPSA) is 70.0 Å². The second-order valence-corrected chi connectivity index (χ2v) is 11.5. The van der Waals surface area contributed by atoms with Crippen molar-refractivity contribution in [2.75, 3.05) is 6.26 Å². The first-order valence-electron chi connectivity index (χ1n) is 15.8. The van der Waals surface area contributed by atoms with Crippen LogP contribution >= 0.6 is 11.8 Å². The minimum absolute atomic E-state index is 0. The monoisotopic (exact) mass is 646 g/mol. The number of rotatable bonds is 11.